The fraction of sp³-hybridized carbons (Fsp3) is 0.524. The van der Waals surface area contributed by atoms with E-state index in [0.717, 1.165) is 24.8 Å². The van der Waals surface area contributed by atoms with Crippen LogP contribution in [0.1, 0.15) is 58.1 Å². The summed E-state index contributed by atoms with van der Waals surface area (Å²) >= 11 is 0. The maximum Gasteiger partial charge on any atom is 0.324 e. The van der Waals surface area contributed by atoms with Crippen LogP contribution >= 0.6 is 0 Å². The Morgan fingerprint density at radius 1 is 1.04 bits per heavy atom. The minimum atomic E-state index is -1.06. The van der Waals surface area contributed by atoms with Crippen LogP contribution < -0.4 is 0 Å². The zero-order chi connectivity index (χ0) is 19.0. The Morgan fingerprint density at radius 2 is 1.56 bits per heavy atom. The number of carbonyl (C=O) groups excluding carboxylic acids is 2. The van der Waals surface area contributed by atoms with Gasteiger partial charge in [0.05, 0.1) is 14.2 Å². The number of ether oxygens (including phenoxy) is 2. The minimum Gasteiger partial charge on any atom is -0.468 e. The predicted molar refractivity (Wildman–Crippen MR) is 100 cm³/mol. The molecule has 4 nitrogen and oxygen atoms in total. The highest BCUT2D eigenvalue weighted by atomic mass is 16.5. The summed E-state index contributed by atoms with van der Waals surface area (Å²) in [5.41, 5.74) is 2.71. The Labute approximate surface area is 151 Å². The van der Waals surface area contributed by atoms with Crippen LogP contribution in [0.3, 0.4) is 0 Å². The molecule has 25 heavy (non-hydrogen) atoms. The predicted octanol–water partition coefficient (Wildman–Crippen LogP) is 4.52. The third-order valence-corrected chi connectivity index (χ3v) is 4.19. The van der Waals surface area contributed by atoms with Crippen LogP contribution in [0.4, 0.5) is 0 Å². The SMILES string of the molecule is CCCC/C=C(\c1ccc(C(C)(C)C)cc1)C(C(=O)OC)C(=O)OC. The second-order valence-electron chi connectivity index (χ2n) is 7.11. The molecule has 0 spiro atoms. The Balaban J connectivity index is 3.34. The molecule has 0 saturated carbocycles. The summed E-state index contributed by atoms with van der Waals surface area (Å²) < 4.78 is 9.68. The fourth-order valence-electron chi connectivity index (χ4n) is 2.61. The van der Waals surface area contributed by atoms with Crippen LogP contribution in [0.2, 0.25) is 0 Å². The summed E-state index contributed by atoms with van der Waals surface area (Å²) in [6.45, 7) is 8.53. The van der Waals surface area contributed by atoms with Gasteiger partial charge in [-0.25, -0.2) is 0 Å². The van der Waals surface area contributed by atoms with Crippen molar-refractivity contribution in [2.75, 3.05) is 14.2 Å². The number of hydrogen-bond donors (Lipinski definition) is 0. The number of benzene rings is 1. The number of allylic oxidation sites excluding steroid dienone is 1. The first-order chi connectivity index (χ1) is 11.8. The summed E-state index contributed by atoms with van der Waals surface area (Å²) in [5.74, 6) is -2.27. The van der Waals surface area contributed by atoms with E-state index in [9.17, 15) is 9.59 Å². The van der Waals surface area contributed by atoms with Gasteiger partial charge < -0.3 is 9.47 Å². The molecular formula is C21H30O4. The number of unbranched alkanes of at least 4 members (excludes halogenated alkanes) is 2. The summed E-state index contributed by atoms with van der Waals surface area (Å²) in [7, 11) is 2.56. The van der Waals surface area contributed by atoms with Crippen LogP contribution in [-0.2, 0) is 24.5 Å². The van der Waals surface area contributed by atoms with E-state index in [1.54, 1.807) is 0 Å². The van der Waals surface area contributed by atoms with E-state index in [4.69, 9.17) is 9.47 Å². The molecule has 1 rings (SSSR count). The molecule has 1 aromatic rings. The molecule has 0 aliphatic heterocycles. The van der Waals surface area contributed by atoms with Crippen molar-refractivity contribution in [1.29, 1.82) is 0 Å². The standard InChI is InChI=1S/C21H30O4/c1-7-8-9-10-17(18(19(22)24-5)20(23)25-6)15-11-13-16(14-12-15)21(2,3)4/h10-14,18H,7-9H2,1-6H3/b17-10+. The Hall–Kier alpha value is -2.10. The highest BCUT2D eigenvalue weighted by molar-refractivity contribution is 6.06. The lowest BCUT2D eigenvalue weighted by Gasteiger charge is -2.21. The molecule has 4 heteroatoms. The average molecular weight is 346 g/mol. The molecule has 0 aromatic heterocycles. The number of hydrogen-bond acceptors (Lipinski definition) is 4. The first-order valence-corrected chi connectivity index (χ1v) is 8.72. The lowest BCUT2D eigenvalue weighted by molar-refractivity contribution is -0.155. The Morgan fingerprint density at radius 3 is 1.96 bits per heavy atom. The van der Waals surface area contributed by atoms with Crippen molar-refractivity contribution in [2.45, 2.75) is 52.4 Å². The summed E-state index contributed by atoms with van der Waals surface area (Å²) in [5, 5.41) is 0. The van der Waals surface area contributed by atoms with Gasteiger partial charge >= 0.3 is 11.9 Å². The molecule has 0 fully saturated rings. The third-order valence-electron chi connectivity index (χ3n) is 4.19. The number of carbonyl (C=O) groups is 2. The highest BCUT2D eigenvalue weighted by Crippen LogP contribution is 2.30. The second kappa shape index (κ2) is 9.40. The zero-order valence-electron chi connectivity index (χ0n) is 16.2. The molecule has 1 aromatic carbocycles. The first-order valence-electron chi connectivity index (χ1n) is 8.72. The molecule has 0 unspecified atom stereocenters. The summed E-state index contributed by atoms with van der Waals surface area (Å²) in [4.78, 5) is 24.4. The van der Waals surface area contributed by atoms with Gasteiger partial charge in [-0.05, 0) is 28.5 Å². The van der Waals surface area contributed by atoms with Crippen LogP contribution in [0.5, 0.6) is 0 Å². The van der Waals surface area contributed by atoms with Gasteiger partial charge in [0.25, 0.3) is 0 Å². The van der Waals surface area contributed by atoms with Gasteiger partial charge in [0.1, 0.15) is 0 Å². The Bertz CT molecular complexity index is 590. The van der Waals surface area contributed by atoms with Crippen LogP contribution in [0.25, 0.3) is 5.57 Å². The maximum atomic E-state index is 12.2. The summed E-state index contributed by atoms with van der Waals surface area (Å²) in [6.07, 6.45) is 4.76. The molecule has 0 aliphatic rings. The van der Waals surface area contributed by atoms with Gasteiger partial charge in [-0.15, -0.1) is 0 Å². The van der Waals surface area contributed by atoms with Crippen LogP contribution in [0.15, 0.2) is 30.3 Å². The van der Waals surface area contributed by atoms with Crippen molar-refractivity contribution in [3.05, 3.63) is 41.5 Å². The molecule has 0 saturated heterocycles. The molecule has 0 bridgehead atoms. The normalized spacial score (nSPS) is 12.2. The topological polar surface area (TPSA) is 52.6 Å². The van der Waals surface area contributed by atoms with Gasteiger partial charge in [-0.1, -0.05) is 70.9 Å². The Kier molecular flexibility index (Phi) is 7.88. The average Bonchev–Trinajstić information content (AvgIpc) is 2.59. The van der Waals surface area contributed by atoms with E-state index < -0.39 is 17.9 Å². The van der Waals surface area contributed by atoms with E-state index in [1.165, 1.54) is 19.8 Å². The van der Waals surface area contributed by atoms with Crippen LogP contribution in [0, 0.1) is 5.92 Å². The van der Waals surface area contributed by atoms with Gasteiger partial charge in [-0.3, -0.25) is 9.59 Å². The molecule has 0 radical (unpaired) electrons. The van der Waals surface area contributed by atoms with Gasteiger partial charge in [0.15, 0.2) is 5.92 Å². The highest BCUT2D eigenvalue weighted by Gasteiger charge is 2.33. The molecular weight excluding hydrogens is 316 g/mol. The van der Waals surface area contributed by atoms with Crippen molar-refractivity contribution in [1.82, 2.24) is 0 Å². The number of rotatable bonds is 7. The van der Waals surface area contributed by atoms with Crippen molar-refractivity contribution >= 4 is 17.5 Å². The smallest absolute Gasteiger partial charge is 0.324 e. The molecule has 0 heterocycles. The quantitative estimate of drug-likeness (QED) is 0.414. The van der Waals surface area contributed by atoms with Gasteiger partial charge in [0.2, 0.25) is 0 Å². The molecule has 138 valence electrons. The molecule has 0 aliphatic carbocycles. The number of methoxy groups -OCH3 is 2. The van der Waals surface area contributed by atoms with Crippen molar-refractivity contribution in [3.63, 3.8) is 0 Å². The maximum absolute atomic E-state index is 12.2. The van der Waals surface area contributed by atoms with Crippen molar-refractivity contribution < 1.29 is 19.1 Å². The fourth-order valence-corrected chi connectivity index (χ4v) is 2.61. The van der Waals surface area contributed by atoms with E-state index in [-0.39, 0.29) is 5.41 Å². The molecule has 0 N–H and O–H groups in total. The first kappa shape index (κ1) is 20.9. The number of esters is 2. The molecule has 0 atom stereocenters. The van der Waals surface area contributed by atoms with Crippen molar-refractivity contribution in [2.24, 2.45) is 5.92 Å². The molecule has 0 amide bonds. The second-order valence-corrected chi connectivity index (χ2v) is 7.11. The van der Waals surface area contributed by atoms with Gasteiger partial charge in [-0.2, -0.15) is 0 Å². The van der Waals surface area contributed by atoms with E-state index in [1.807, 2.05) is 30.3 Å². The third kappa shape index (κ3) is 5.73. The zero-order valence-corrected chi connectivity index (χ0v) is 16.2. The van der Waals surface area contributed by atoms with E-state index >= 15 is 0 Å². The summed E-state index contributed by atoms with van der Waals surface area (Å²) in [6, 6.07) is 7.98. The van der Waals surface area contributed by atoms with Crippen LogP contribution in [-0.4, -0.2) is 26.2 Å². The van der Waals surface area contributed by atoms with E-state index in [0.29, 0.717) is 5.57 Å². The monoisotopic (exact) mass is 346 g/mol. The lowest BCUT2D eigenvalue weighted by atomic mass is 9.84. The lowest BCUT2D eigenvalue weighted by Crippen LogP contribution is -2.28. The largest absolute Gasteiger partial charge is 0.468 e. The minimum absolute atomic E-state index is 0.0364. The van der Waals surface area contributed by atoms with Gasteiger partial charge in [0, 0.05) is 0 Å². The van der Waals surface area contributed by atoms with E-state index in [2.05, 4.69) is 27.7 Å². The van der Waals surface area contributed by atoms with Crippen molar-refractivity contribution in [3.8, 4) is 0 Å².